The number of aliphatic hydroxyl groups excluding tert-OH is 1. The molecule has 0 aromatic heterocycles. The van der Waals surface area contributed by atoms with E-state index in [0.29, 0.717) is 17.7 Å². The third-order valence-corrected chi connectivity index (χ3v) is 4.65. The van der Waals surface area contributed by atoms with E-state index in [-0.39, 0.29) is 17.6 Å². The van der Waals surface area contributed by atoms with Crippen LogP contribution in [0.15, 0.2) is 39.4 Å². The van der Waals surface area contributed by atoms with E-state index in [4.69, 9.17) is 15.4 Å². The predicted molar refractivity (Wildman–Crippen MR) is 89.6 cm³/mol. The summed E-state index contributed by atoms with van der Waals surface area (Å²) < 4.78 is 5.69. The number of rotatable bonds is 7. The van der Waals surface area contributed by atoms with Gasteiger partial charge in [0.15, 0.2) is 5.78 Å². The van der Waals surface area contributed by atoms with Crippen molar-refractivity contribution in [3.63, 3.8) is 0 Å². The molecule has 2 rings (SSSR count). The van der Waals surface area contributed by atoms with Crippen molar-refractivity contribution >= 4 is 11.8 Å². The van der Waals surface area contributed by atoms with Gasteiger partial charge in [-0.2, -0.15) is 0 Å². The zero-order chi connectivity index (χ0) is 18.6. The largest absolute Gasteiger partial charge is 0.506 e. The van der Waals surface area contributed by atoms with Crippen LogP contribution in [0.2, 0.25) is 0 Å². The summed E-state index contributed by atoms with van der Waals surface area (Å²) >= 11 is 0. The van der Waals surface area contributed by atoms with Crippen LogP contribution in [0.3, 0.4) is 0 Å². The minimum absolute atomic E-state index is 0.140. The Morgan fingerprint density at radius 1 is 1.40 bits per heavy atom. The molecule has 0 amide bonds. The monoisotopic (exact) mass is 347 g/mol. The number of carbonyl (C=O) groups excluding carboxylic acids is 1. The number of carbonyl (C=O) groups is 2. The number of hydrogen-bond donors (Lipinski definition) is 2. The average Bonchev–Trinajstić information content (AvgIpc) is 2.56. The Balaban J connectivity index is 2.13. The molecular weight excluding hydrogens is 326 g/mol. The van der Waals surface area contributed by atoms with Crippen LogP contribution in [0, 0.1) is 5.92 Å². The van der Waals surface area contributed by atoms with Crippen LogP contribution in [-0.2, 0) is 14.3 Å². The molecule has 25 heavy (non-hydrogen) atoms. The zero-order valence-corrected chi connectivity index (χ0v) is 14.2. The Morgan fingerprint density at radius 2 is 2.12 bits per heavy atom. The average molecular weight is 347 g/mol. The van der Waals surface area contributed by atoms with E-state index in [9.17, 15) is 14.7 Å². The molecule has 2 aliphatic rings. The van der Waals surface area contributed by atoms with Crippen molar-refractivity contribution in [3.05, 3.63) is 44.8 Å². The van der Waals surface area contributed by atoms with Crippen molar-refractivity contribution in [1.29, 1.82) is 0 Å². The molecule has 1 aliphatic carbocycles. The van der Waals surface area contributed by atoms with E-state index >= 15 is 0 Å². The second kappa shape index (κ2) is 7.90. The van der Waals surface area contributed by atoms with Gasteiger partial charge in [-0.1, -0.05) is 18.5 Å². The van der Waals surface area contributed by atoms with E-state index in [2.05, 4.69) is 10.0 Å². The molecule has 0 bridgehead atoms. The summed E-state index contributed by atoms with van der Waals surface area (Å²) in [5.41, 5.74) is 8.89. The Labute approximate surface area is 145 Å². The van der Waals surface area contributed by atoms with Gasteiger partial charge in [-0.3, -0.25) is 4.79 Å². The number of nitrogens with zero attached hydrogens (tertiary/aromatic N) is 3. The third kappa shape index (κ3) is 3.69. The van der Waals surface area contributed by atoms with Crippen molar-refractivity contribution in [2.75, 3.05) is 6.54 Å². The van der Waals surface area contributed by atoms with Crippen molar-refractivity contribution in [2.24, 2.45) is 11.0 Å². The molecule has 0 spiro atoms. The third-order valence-electron chi connectivity index (χ3n) is 4.65. The van der Waals surface area contributed by atoms with Crippen LogP contribution in [0.25, 0.3) is 10.4 Å². The van der Waals surface area contributed by atoms with Gasteiger partial charge in [-0.25, -0.2) is 4.79 Å². The number of ketones is 1. The molecular formula is C17H21N3O5. The fourth-order valence-corrected chi connectivity index (χ4v) is 3.31. The minimum atomic E-state index is -1.45. The smallest absolute Gasteiger partial charge is 0.343 e. The number of Topliss-reactive ketones (excluding diaryl/α,β-unsaturated/α-hetero) is 1. The van der Waals surface area contributed by atoms with Crippen molar-refractivity contribution < 1.29 is 24.5 Å². The first-order chi connectivity index (χ1) is 11.9. The van der Waals surface area contributed by atoms with Gasteiger partial charge < -0.3 is 14.9 Å². The molecule has 0 saturated carbocycles. The van der Waals surface area contributed by atoms with Crippen molar-refractivity contribution in [3.8, 4) is 0 Å². The SMILES string of the molecule is CC1=C2C(=CO[C@@H](CCCCCN=[N+]=[N-])[C@@H]2C)C(O)=C(C(=O)O)C1=O. The number of azide groups is 1. The Bertz CT molecular complexity index is 729. The van der Waals surface area contributed by atoms with E-state index in [1.165, 1.54) is 6.26 Å². The minimum Gasteiger partial charge on any atom is -0.506 e. The lowest BCUT2D eigenvalue weighted by Crippen LogP contribution is -2.33. The highest BCUT2D eigenvalue weighted by Gasteiger charge is 2.40. The first-order valence-corrected chi connectivity index (χ1v) is 8.19. The number of ether oxygens (including phenoxy) is 1. The predicted octanol–water partition coefficient (Wildman–Crippen LogP) is 3.57. The lowest BCUT2D eigenvalue weighted by molar-refractivity contribution is -0.134. The van der Waals surface area contributed by atoms with E-state index in [0.717, 1.165) is 25.7 Å². The molecule has 134 valence electrons. The fourth-order valence-electron chi connectivity index (χ4n) is 3.31. The molecule has 2 N–H and O–H groups in total. The number of allylic oxidation sites excluding steroid dienone is 2. The van der Waals surface area contributed by atoms with Gasteiger partial charge >= 0.3 is 5.97 Å². The number of carboxylic acids is 1. The van der Waals surface area contributed by atoms with Crippen LogP contribution in [0.1, 0.15) is 39.5 Å². The molecule has 0 aromatic rings. The summed E-state index contributed by atoms with van der Waals surface area (Å²) in [7, 11) is 0. The number of fused-ring (bicyclic) bond motifs is 1. The highest BCUT2D eigenvalue weighted by atomic mass is 16.5. The molecule has 0 aromatic carbocycles. The number of unbranched alkanes of at least 4 members (excludes halogenated alkanes) is 2. The van der Waals surface area contributed by atoms with Crippen LogP contribution in [0.5, 0.6) is 0 Å². The van der Waals surface area contributed by atoms with Crippen molar-refractivity contribution in [2.45, 2.75) is 45.6 Å². The summed E-state index contributed by atoms with van der Waals surface area (Å²) in [6.45, 7) is 3.96. The van der Waals surface area contributed by atoms with Gasteiger partial charge in [0.2, 0.25) is 0 Å². The first-order valence-electron chi connectivity index (χ1n) is 8.19. The van der Waals surface area contributed by atoms with Gasteiger partial charge in [0.1, 0.15) is 17.4 Å². The molecule has 8 nitrogen and oxygen atoms in total. The fraction of sp³-hybridized carbons (Fsp3) is 0.529. The second-order valence-electron chi connectivity index (χ2n) is 6.20. The molecule has 2 atom stereocenters. The maximum absolute atomic E-state index is 12.3. The van der Waals surface area contributed by atoms with Gasteiger partial charge in [-0.15, -0.1) is 0 Å². The van der Waals surface area contributed by atoms with Crippen LogP contribution in [-0.4, -0.2) is 34.6 Å². The van der Waals surface area contributed by atoms with Crippen LogP contribution >= 0.6 is 0 Å². The molecule has 1 aliphatic heterocycles. The van der Waals surface area contributed by atoms with E-state index < -0.39 is 23.1 Å². The molecule has 8 heteroatoms. The Morgan fingerprint density at radius 3 is 2.76 bits per heavy atom. The van der Waals surface area contributed by atoms with Gasteiger partial charge in [0, 0.05) is 22.9 Å². The Hall–Kier alpha value is -2.73. The van der Waals surface area contributed by atoms with E-state index in [1.807, 2.05) is 6.92 Å². The maximum Gasteiger partial charge on any atom is 0.343 e. The molecule has 0 fully saturated rings. The quantitative estimate of drug-likeness (QED) is 0.239. The first kappa shape index (κ1) is 18.6. The lowest BCUT2D eigenvalue weighted by Gasteiger charge is -2.34. The molecule has 0 saturated heterocycles. The second-order valence-corrected chi connectivity index (χ2v) is 6.20. The maximum atomic E-state index is 12.3. The highest BCUT2D eigenvalue weighted by molar-refractivity contribution is 6.25. The molecule has 0 radical (unpaired) electrons. The lowest BCUT2D eigenvalue weighted by atomic mass is 9.77. The van der Waals surface area contributed by atoms with E-state index in [1.54, 1.807) is 6.92 Å². The zero-order valence-electron chi connectivity index (χ0n) is 14.2. The molecule has 1 heterocycles. The topological polar surface area (TPSA) is 133 Å². The summed E-state index contributed by atoms with van der Waals surface area (Å²) in [4.78, 5) is 26.2. The summed E-state index contributed by atoms with van der Waals surface area (Å²) in [5.74, 6) is -2.77. The summed E-state index contributed by atoms with van der Waals surface area (Å²) in [6, 6.07) is 0. The Kier molecular flexibility index (Phi) is 5.88. The summed E-state index contributed by atoms with van der Waals surface area (Å²) in [6.07, 6.45) is 4.53. The molecule has 0 unspecified atom stereocenters. The van der Waals surface area contributed by atoms with Gasteiger partial charge in [-0.05, 0) is 37.3 Å². The van der Waals surface area contributed by atoms with Gasteiger partial charge in [0.05, 0.1) is 11.8 Å². The van der Waals surface area contributed by atoms with Crippen LogP contribution < -0.4 is 0 Å². The number of hydrogen-bond acceptors (Lipinski definition) is 5. The van der Waals surface area contributed by atoms with Crippen molar-refractivity contribution in [1.82, 2.24) is 0 Å². The highest BCUT2D eigenvalue weighted by Crippen LogP contribution is 2.41. The standard InChI is InChI=1S/C17H21N3O5/c1-9-12(6-4-3-5-7-19-20-18)25-8-11-13(9)10(2)15(21)14(16(11)22)17(23)24/h8-9,12,22H,3-7H2,1-2H3,(H,23,24)/t9-,12-/m0/s1. The number of aliphatic hydroxyl groups is 1. The summed E-state index contributed by atoms with van der Waals surface area (Å²) in [5, 5.41) is 22.8. The number of carboxylic acid groups (broad SMARTS) is 1. The number of aliphatic carboxylic acids is 1. The van der Waals surface area contributed by atoms with Gasteiger partial charge in [0.25, 0.3) is 0 Å². The van der Waals surface area contributed by atoms with Crippen LogP contribution in [0.4, 0.5) is 0 Å². The normalized spacial score (nSPS) is 22.8.